The lowest BCUT2D eigenvalue weighted by Crippen LogP contribution is -2.20. The van der Waals surface area contributed by atoms with Gasteiger partial charge in [-0.25, -0.2) is 4.98 Å². The number of benzene rings is 2. The minimum Gasteiger partial charge on any atom is -0.459 e. The minimum atomic E-state index is -4.66. The molecule has 0 N–H and O–H groups in total. The summed E-state index contributed by atoms with van der Waals surface area (Å²) in [5.41, 5.74) is 0.331. The van der Waals surface area contributed by atoms with Gasteiger partial charge in [-0.15, -0.1) is 0 Å². The molecular formula is C20H15F3N4O. The second-order valence-electron chi connectivity index (χ2n) is 5.85. The molecule has 28 heavy (non-hydrogen) atoms. The van der Waals surface area contributed by atoms with E-state index >= 15 is 0 Å². The molecule has 0 radical (unpaired) electrons. The highest BCUT2D eigenvalue weighted by atomic mass is 19.4. The summed E-state index contributed by atoms with van der Waals surface area (Å²) in [5, 5.41) is 9.25. The SMILES string of the molecule is CN(c1ccccc1C#N)c1nc(OCc2ccccc2)ncc1C(F)(F)F. The normalized spacial score (nSPS) is 11.0. The molecule has 2 aromatic carbocycles. The lowest BCUT2D eigenvalue weighted by molar-refractivity contribution is -0.137. The van der Waals surface area contributed by atoms with Crippen LogP contribution in [0.2, 0.25) is 0 Å². The minimum absolute atomic E-state index is 0.115. The number of ether oxygens (including phenoxy) is 1. The van der Waals surface area contributed by atoms with Crippen LogP contribution in [0.5, 0.6) is 6.01 Å². The summed E-state index contributed by atoms with van der Waals surface area (Å²) in [6.07, 6.45) is -3.97. The standard InChI is InChI=1S/C20H15F3N4O/c1-27(17-10-6-5-9-15(17)11-24)18-16(20(21,22)23)12-25-19(26-18)28-13-14-7-3-2-4-8-14/h2-10,12H,13H2,1H3. The number of aromatic nitrogens is 2. The summed E-state index contributed by atoms with van der Waals surface area (Å²) in [6, 6.07) is 17.2. The smallest absolute Gasteiger partial charge is 0.421 e. The first-order valence-electron chi connectivity index (χ1n) is 8.24. The van der Waals surface area contributed by atoms with Crippen LogP contribution < -0.4 is 9.64 Å². The van der Waals surface area contributed by atoms with Gasteiger partial charge in [-0.3, -0.25) is 0 Å². The lowest BCUT2D eigenvalue weighted by Gasteiger charge is -2.23. The Balaban J connectivity index is 1.98. The zero-order valence-electron chi connectivity index (χ0n) is 14.8. The molecule has 142 valence electrons. The van der Waals surface area contributed by atoms with Gasteiger partial charge in [0, 0.05) is 13.2 Å². The molecule has 0 bridgehead atoms. The molecule has 0 unspecified atom stereocenters. The fourth-order valence-corrected chi connectivity index (χ4v) is 2.58. The molecule has 0 aliphatic carbocycles. The van der Waals surface area contributed by atoms with Crippen LogP contribution in [0.15, 0.2) is 60.8 Å². The van der Waals surface area contributed by atoms with Crippen molar-refractivity contribution >= 4 is 11.5 Å². The van der Waals surface area contributed by atoms with Gasteiger partial charge in [0.1, 0.15) is 18.2 Å². The van der Waals surface area contributed by atoms with Gasteiger partial charge in [-0.2, -0.15) is 23.4 Å². The summed E-state index contributed by atoms with van der Waals surface area (Å²) in [5.74, 6) is -0.395. The first-order chi connectivity index (χ1) is 13.4. The van der Waals surface area contributed by atoms with Crippen molar-refractivity contribution in [2.45, 2.75) is 12.8 Å². The van der Waals surface area contributed by atoms with Crippen LogP contribution in [0.25, 0.3) is 0 Å². The Labute approximate surface area is 159 Å². The zero-order valence-corrected chi connectivity index (χ0v) is 14.8. The largest absolute Gasteiger partial charge is 0.459 e. The zero-order chi connectivity index (χ0) is 20.1. The van der Waals surface area contributed by atoms with Crippen LogP contribution in [-0.4, -0.2) is 17.0 Å². The molecule has 0 amide bonds. The fourth-order valence-electron chi connectivity index (χ4n) is 2.58. The highest BCUT2D eigenvalue weighted by molar-refractivity contribution is 5.68. The van der Waals surface area contributed by atoms with E-state index in [0.29, 0.717) is 11.9 Å². The van der Waals surface area contributed by atoms with Gasteiger partial charge in [0.05, 0.1) is 11.3 Å². The third-order valence-corrected chi connectivity index (χ3v) is 3.97. The van der Waals surface area contributed by atoms with E-state index < -0.39 is 17.6 Å². The van der Waals surface area contributed by atoms with Gasteiger partial charge in [0.15, 0.2) is 5.82 Å². The van der Waals surface area contributed by atoms with E-state index in [0.717, 1.165) is 5.56 Å². The summed E-state index contributed by atoms with van der Waals surface area (Å²) in [7, 11) is 1.41. The Bertz CT molecular complexity index is 1000. The molecule has 1 heterocycles. The highest BCUT2D eigenvalue weighted by Crippen LogP contribution is 2.38. The fraction of sp³-hybridized carbons (Fsp3) is 0.150. The molecule has 0 aliphatic heterocycles. The second kappa shape index (κ2) is 7.96. The summed E-state index contributed by atoms with van der Waals surface area (Å²) >= 11 is 0. The molecule has 0 spiro atoms. The average Bonchev–Trinajstić information content (AvgIpc) is 2.71. The van der Waals surface area contributed by atoms with E-state index in [1.807, 2.05) is 36.4 Å². The number of alkyl halides is 3. The Morgan fingerprint density at radius 3 is 2.43 bits per heavy atom. The molecular weight excluding hydrogens is 369 g/mol. The van der Waals surface area contributed by atoms with E-state index in [1.165, 1.54) is 18.0 Å². The Kier molecular flexibility index (Phi) is 5.45. The number of halogens is 3. The van der Waals surface area contributed by atoms with Crippen molar-refractivity contribution in [1.82, 2.24) is 9.97 Å². The van der Waals surface area contributed by atoms with Gasteiger partial charge in [0.25, 0.3) is 0 Å². The maximum Gasteiger partial charge on any atom is 0.421 e. The molecule has 3 aromatic rings. The van der Waals surface area contributed by atoms with Crippen LogP contribution in [0, 0.1) is 11.3 Å². The van der Waals surface area contributed by atoms with E-state index in [4.69, 9.17) is 4.74 Å². The van der Waals surface area contributed by atoms with Gasteiger partial charge in [-0.1, -0.05) is 42.5 Å². The number of rotatable bonds is 5. The molecule has 3 rings (SSSR count). The summed E-state index contributed by atoms with van der Waals surface area (Å²) in [6.45, 7) is 0.115. The quantitative estimate of drug-likeness (QED) is 0.637. The Morgan fingerprint density at radius 2 is 1.75 bits per heavy atom. The third-order valence-electron chi connectivity index (χ3n) is 3.97. The highest BCUT2D eigenvalue weighted by Gasteiger charge is 2.37. The van der Waals surface area contributed by atoms with Crippen LogP contribution >= 0.6 is 0 Å². The van der Waals surface area contributed by atoms with Crippen LogP contribution in [-0.2, 0) is 12.8 Å². The summed E-state index contributed by atoms with van der Waals surface area (Å²) in [4.78, 5) is 8.87. The maximum absolute atomic E-state index is 13.5. The number of nitrogens with zero attached hydrogens (tertiary/aromatic N) is 4. The lowest BCUT2D eigenvalue weighted by atomic mass is 10.1. The number of nitriles is 1. The predicted molar refractivity (Wildman–Crippen MR) is 97.0 cm³/mol. The van der Waals surface area contributed by atoms with Crippen molar-refractivity contribution in [2.24, 2.45) is 0 Å². The van der Waals surface area contributed by atoms with Crippen molar-refractivity contribution in [3.63, 3.8) is 0 Å². The molecule has 0 saturated carbocycles. The number of anilines is 2. The topological polar surface area (TPSA) is 62.0 Å². The van der Waals surface area contributed by atoms with Crippen LogP contribution in [0.1, 0.15) is 16.7 Å². The number of para-hydroxylation sites is 1. The van der Waals surface area contributed by atoms with E-state index in [1.54, 1.807) is 18.2 Å². The molecule has 8 heteroatoms. The molecule has 1 aromatic heterocycles. The maximum atomic E-state index is 13.5. The predicted octanol–water partition coefficient (Wildman–Crippen LogP) is 4.71. The van der Waals surface area contributed by atoms with Gasteiger partial charge < -0.3 is 9.64 Å². The van der Waals surface area contributed by atoms with E-state index in [2.05, 4.69) is 9.97 Å². The van der Waals surface area contributed by atoms with Crippen LogP contribution in [0.4, 0.5) is 24.7 Å². The van der Waals surface area contributed by atoms with Gasteiger partial charge in [0.2, 0.25) is 0 Å². The van der Waals surface area contributed by atoms with E-state index in [-0.39, 0.29) is 18.2 Å². The number of hydrogen-bond acceptors (Lipinski definition) is 5. The third kappa shape index (κ3) is 4.20. The molecule has 0 saturated heterocycles. The van der Waals surface area contributed by atoms with Crippen molar-refractivity contribution in [2.75, 3.05) is 11.9 Å². The van der Waals surface area contributed by atoms with Crippen molar-refractivity contribution < 1.29 is 17.9 Å². The Hall–Kier alpha value is -3.60. The summed E-state index contributed by atoms with van der Waals surface area (Å²) < 4.78 is 45.9. The molecule has 0 aliphatic rings. The number of hydrogen-bond donors (Lipinski definition) is 0. The average molecular weight is 384 g/mol. The molecule has 0 fully saturated rings. The van der Waals surface area contributed by atoms with Gasteiger partial charge >= 0.3 is 12.2 Å². The van der Waals surface area contributed by atoms with Crippen molar-refractivity contribution in [3.05, 3.63) is 77.5 Å². The Morgan fingerprint density at radius 1 is 1.07 bits per heavy atom. The van der Waals surface area contributed by atoms with Gasteiger partial charge in [-0.05, 0) is 17.7 Å². The first-order valence-corrected chi connectivity index (χ1v) is 8.24. The monoisotopic (exact) mass is 384 g/mol. The van der Waals surface area contributed by atoms with Crippen molar-refractivity contribution in [3.8, 4) is 12.1 Å². The second-order valence-corrected chi connectivity index (χ2v) is 5.85. The van der Waals surface area contributed by atoms with Crippen LogP contribution in [0.3, 0.4) is 0 Å². The van der Waals surface area contributed by atoms with E-state index in [9.17, 15) is 18.4 Å². The first kappa shape index (κ1) is 19.2. The molecule has 0 atom stereocenters. The van der Waals surface area contributed by atoms with Crippen molar-refractivity contribution in [1.29, 1.82) is 5.26 Å². The molecule has 5 nitrogen and oxygen atoms in total.